The number of nitrogens with one attached hydrogen (secondary N) is 1. The van der Waals surface area contributed by atoms with Gasteiger partial charge in [-0.3, -0.25) is 4.79 Å². The molecule has 110 valence electrons. The standard InChI is InChI=1S/C16H18N2O3/c1-2-18-16(20)11-7-8-15(13(17)9-11)21-14-6-4-3-5-12(14)10-19/h3-9,19H,2,10,17H2,1H3,(H,18,20). The van der Waals surface area contributed by atoms with Crippen LogP contribution in [0.4, 0.5) is 5.69 Å². The molecule has 2 aromatic rings. The molecule has 0 saturated carbocycles. The molecule has 0 aliphatic carbocycles. The molecule has 2 aromatic carbocycles. The van der Waals surface area contributed by atoms with E-state index in [9.17, 15) is 9.90 Å². The van der Waals surface area contributed by atoms with Crippen molar-refractivity contribution in [3.63, 3.8) is 0 Å². The first kappa shape index (κ1) is 14.9. The fourth-order valence-corrected chi connectivity index (χ4v) is 1.90. The van der Waals surface area contributed by atoms with Gasteiger partial charge in [0.05, 0.1) is 12.3 Å². The van der Waals surface area contributed by atoms with Crippen LogP contribution in [0.1, 0.15) is 22.8 Å². The van der Waals surface area contributed by atoms with E-state index < -0.39 is 0 Å². The zero-order valence-electron chi connectivity index (χ0n) is 11.8. The van der Waals surface area contributed by atoms with E-state index in [1.165, 1.54) is 0 Å². The Hall–Kier alpha value is -2.53. The van der Waals surface area contributed by atoms with Crippen molar-refractivity contribution < 1.29 is 14.6 Å². The molecule has 0 saturated heterocycles. The molecule has 5 nitrogen and oxygen atoms in total. The molecule has 0 radical (unpaired) electrons. The predicted octanol–water partition coefficient (Wildman–Crippen LogP) is 2.30. The summed E-state index contributed by atoms with van der Waals surface area (Å²) in [5.74, 6) is 0.813. The first-order valence-corrected chi connectivity index (χ1v) is 6.70. The molecule has 0 aliphatic rings. The molecule has 0 aliphatic heterocycles. The van der Waals surface area contributed by atoms with E-state index in [1.807, 2.05) is 19.1 Å². The summed E-state index contributed by atoms with van der Waals surface area (Å²) in [6.45, 7) is 2.29. The maximum Gasteiger partial charge on any atom is 0.251 e. The lowest BCUT2D eigenvalue weighted by atomic mass is 10.1. The first-order chi connectivity index (χ1) is 10.2. The van der Waals surface area contributed by atoms with Gasteiger partial charge in [0.1, 0.15) is 11.5 Å². The Morgan fingerprint density at radius 3 is 2.67 bits per heavy atom. The lowest BCUT2D eigenvalue weighted by Crippen LogP contribution is -2.22. The topological polar surface area (TPSA) is 84.6 Å². The van der Waals surface area contributed by atoms with Crippen LogP contribution in [-0.4, -0.2) is 17.6 Å². The summed E-state index contributed by atoms with van der Waals surface area (Å²) >= 11 is 0. The van der Waals surface area contributed by atoms with Crippen LogP contribution < -0.4 is 15.8 Å². The van der Waals surface area contributed by atoms with Crippen molar-refractivity contribution in [2.45, 2.75) is 13.5 Å². The van der Waals surface area contributed by atoms with Gasteiger partial charge in [0.25, 0.3) is 5.91 Å². The van der Waals surface area contributed by atoms with Gasteiger partial charge >= 0.3 is 0 Å². The molecule has 1 amide bonds. The van der Waals surface area contributed by atoms with Gasteiger partial charge in [-0.25, -0.2) is 0 Å². The Labute approximate surface area is 123 Å². The Morgan fingerprint density at radius 2 is 2.00 bits per heavy atom. The highest BCUT2D eigenvalue weighted by molar-refractivity contribution is 5.95. The highest BCUT2D eigenvalue weighted by atomic mass is 16.5. The smallest absolute Gasteiger partial charge is 0.251 e. The number of nitrogen functional groups attached to an aromatic ring is 1. The molecule has 0 heterocycles. The van der Waals surface area contributed by atoms with Gasteiger partial charge in [0, 0.05) is 17.7 Å². The number of anilines is 1. The van der Waals surface area contributed by atoms with E-state index in [0.717, 1.165) is 0 Å². The minimum atomic E-state index is -0.175. The summed E-state index contributed by atoms with van der Waals surface area (Å²) in [5, 5.41) is 12.0. The van der Waals surface area contributed by atoms with Gasteiger partial charge in [-0.1, -0.05) is 18.2 Å². The second-order valence-corrected chi connectivity index (χ2v) is 4.48. The van der Waals surface area contributed by atoms with Crippen molar-refractivity contribution in [1.82, 2.24) is 5.32 Å². The number of para-hydroxylation sites is 1. The van der Waals surface area contributed by atoms with Crippen LogP contribution in [-0.2, 0) is 6.61 Å². The zero-order valence-corrected chi connectivity index (χ0v) is 11.8. The van der Waals surface area contributed by atoms with Gasteiger partial charge in [-0.05, 0) is 31.2 Å². The molecule has 0 spiro atoms. The van der Waals surface area contributed by atoms with E-state index >= 15 is 0 Å². The highest BCUT2D eigenvalue weighted by Crippen LogP contribution is 2.30. The van der Waals surface area contributed by atoms with Gasteiger partial charge in [0.2, 0.25) is 0 Å². The molecule has 0 fully saturated rings. The number of carbonyl (C=O) groups excluding carboxylic acids is 1. The van der Waals surface area contributed by atoms with E-state index in [4.69, 9.17) is 10.5 Å². The minimum absolute atomic E-state index is 0.118. The number of carbonyl (C=O) groups is 1. The largest absolute Gasteiger partial charge is 0.455 e. The normalized spacial score (nSPS) is 10.2. The number of amides is 1. The van der Waals surface area contributed by atoms with E-state index in [2.05, 4.69) is 5.32 Å². The fourth-order valence-electron chi connectivity index (χ4n) is 1.90. The van der Waals surface area contributed by atoms with Crippen LogP contribution in [0.2, 0.25) is 0 Å². The lowest BCUT2D eigenvalue weighted by molar-refractivity contribution is 0.0956. The van der Waals surface area contributed by atoms with E-state index in [0.29, 0.717) is 34.9 Å². The highest BCUT2D eigenvalue weighted by Gasteiger charge is 2.10. The zero-order chi connectivity index (χ0) is 15.2. The summed E-state index contributed by atoms with van der Waals surface area (Å²) in [5.41, 5.74) is 7.45. The third-order valence-electron chi connectivity index (χ3n) is 2.97. The number of rotatable bonds is 5. The third kappa shape index (κ3) is 3.52. The minimum Gasteiger partial charge on any atom is -0.455 e. The Balaban J connectivity index is 2.23. The predicted molar refractivity (Wildman–Crippen MR) is 81.3 cm³/mol. The second-order valence-electron chi connectivity index (χ2n) is 4.48. The molecule has 0 aromatic heterocycles. The monoisotopic (exact) mass is 286 g/mol. The molecular weight excluding hydrogens is 268 g/mol. The van der Waals surface area contributed by atoms with Crippen molar-refractivity contribution >= 4 is 11.6 Å². The van der Waals surface area contributed by atoms with Crippen LogP contribution in [0.15, 0.2) is 42.5 Å². The Kier molecular flexibility index (Phi) is 4.79. The molecule has 0 unspecified atom stereocenters. The van der Waals surface area contributed by atoms with Crippen LogP contribution in [0, 0.1) is 0 Å². The maximum atomic E-state index is 11.7. The molecule has 0 bridgehead atoms. The number of hydrogen-bond donors (Lipinski definition) is 3. The fraction of sp³-hybridized carbons (Fsp3) is 0.188. The number of benzene rings is 2. The first-order valence-electron chi connectivity index (χ1n) is 6.70. The third-order valence-corrected chi connectivity index (χ3v) is 2.97. The van der Waals surface area contributed by atoms with Crippen molar-refractivity contribution in [2.24, 2.45) is 0 Å². The van der Waals surface area contributed by atoms with Gasteiger partial charge in [-0.2, -0.15) is 0 Å². The summed E-state index contributed by atoms with van der Waals surface area (Å²) in [7, 11) is 0. The Morgan fingerprint density at radius 1 is 1.24 bits per heavy atom. The summed E-state index contributed by atoms with van der Waals surface area (Å²) in [6.07, 6.45) is 0. The van der Waals surface area contributed by atoms with Crippen molar-refractivity contribution in [3.05, 3.63) is 53.6 Å². The van der Waals surface area contributed by atoms with Crippen LogP contribution in [0.25, 0.3) is 0 Å². The number of aliphatic hydroxyl groups is 1. The number of hydrogen-bond acceptors (Lipinski definition) is 4. The SMILES string of the molecule is CCNC(=O)c1ccc(Oc2ccccc2CO)c(N)c1. The average Bonchev–Trinajstić information content (AvgIpc) is 2.50. The quantitative estimate of drug-likeness (QED) is 0.736. The molecule has 21 heavy (non-hydrogen) atoms. The van der Waals surface area contributed by atoms with Gasteiger partial charge in [0.15, 0.2) is 0 Å². The molecule has 4 N–H and O–H groups in total. The molecular formula is C16H18N2O3. The average molecular weight is 286 g/mol. The van der Waals surface area contributed by atoms with E-state index in [1.54, 1.807) is 30.3 Å². The maximum absolute atomic E-state index is 11.7. The van der Waals surface area contributed by atoms with Gasteiger partial charge in [-0.15, -0.1) is 0 Å². The molecule has 0 atom stereocenters. The van der Waals surface area contributed by atoms with Crippen LogP contribution >= 0.6 is 0 Å². The summed E-state index contributed by atoms with van der Waals surface area (Å²) in [4.78, 5) is 11.7. The van der Waals surface area contributed by atoms with Crippen molar-refractivity contribution in [3.8, 4) is 11.5 Å². The summed E-state index contributed by atoms with van der Waals surface area (Å²) < 4.78 is 5.71. The van der Waals surface area contributed by atoms with Crippen molar-refractivity contribution in [1.29, 1.82) is 0 Å². The molecule has 2 rings (SSSR count). The Bertz CT molecular complexity index is 641. The van der Waals surface area contributed by atoms with E-state index in [-0.39, 0.29) is 12.5 Å². The lowest BCUT2D eigenvalue weighted by Gasteiger charge is -2.12. The van der Waals surface area contributed by atoms with Crippen LogP contribution in [0.5, 0.6) is 11.5 Å². The van der Waals surface area contributed by atoms with Crippen molar-refractivity contribution in [2.75, 3.05) is 12.3 Å². The second kappa shape index (κ2) is 6.76. The molecule has 5 heteroatoms. The summed E-state index contributed by atoms with van der Waals surface area (Å²) in [6, 6.07) is 12.0. The number of ether oxygens (including phenoxy) is 1. The van der Waals surface area contributed by atoms with Crippen LogP contribution in [0.3, 0.4) is 0 Å². The number of aliphatic hydroxyl groups excluding tert-OH is 1. The van der Waals surface area contributed by atoms with Gasteiger partial charge < -0.3 is 20.9 Å². The number of nitrogens with two attached hydrogens (primary N) is 1.